The van der Waals surface area contributed by atoms with Crippen molar-refractivity contribution in [1.29, 1.82) is 0 Å². The van der Waals surface area contributed by atoms with E-state index < -0.39 is 47.9 Å². The van der Waals surface area contributed by atoms with Crippen LogP contribution in [0.5, 0.6) is 5.75 Å². The van der Waals surface area contributed by atoms with Crippen LogP contribution in [0.1, 0.15) is 31.2 Å². The molecule has 1 aromatic rings. The molecule has 0 aliphatic carbocycles. The van der Waals surface area contributed by atoms with E-state index in [4.69, 9.17) is 17.2 Å². The van der Waals surface area contributed by atoms with E-state index in [0.29, 0.717) is 31.4 Å². The van der Waals surface area contributed by atoms with E-state index >= 15 is 0 Å². The summed E-state index contributed by atoms with van der Waals surface area (Å²) in [5.41, 5.74) is 17.1. The number of phenolic OH excluding ortho intramolecular Hbond substituents is 1. The van der Waals surface area contributed by atoms with E-state index in [1.807, 2.05) is 0 Å². The number of carboxylic acids is 1. The average molecular weight is 538 g/mol. The highest BCUT2D eigenvalue weighted by molar-refractivity contribution is 7.80. The molecule has 1 aliphatic rings. The maximum atomic E-state index is 13.1. The molecule has 0 radical (unpaired) electrons. The molecule has 1 aliphatic heterocycles. The number of nitrogens with one attached hydrogen (secondary N) is 2. The Labute approximate surface area is 220 Å². The second-order valence-electron chi connectivity index (χ2n) is 8.76. The van der Waals surface area contributed by atoms with Gasteiger partial charge in [-0.05, 0) is 43.4 Å². The molecule has 0 saturated carbocycles. The number of nitrogens with two attached hydrogens (primary N) is 3. The molecule has 1 heterocycles. The van der Waals surface area contributed by atoms with E-state index in [1.54, 1.807) is 12.1 Å². The number of thiol groups is 1. The number of amides is 3. The lowest BCUT2D eigenvalue weighted by Gasteiger charge is -2.28. The largest absolute Gasteiger partial charge is 0.508 e. The lowest BCUT2D eigenvalue weighted by atomic mass is 10.0. The van der Waals surface area contributed by atoms with Crippen LogP contribution in [0, 0.1) is 0 Å². The number of aliphatic carboxylic acids is 1. The van der Waals surface area contributed by atoms with Crippen LogP contribution in [0.25, 0.3) is 0 Å². The number of phenols is 1. The molecule has 0 spiro atoms. The van der Waals surface area contributed by atoms with E-state index in [0.717, 1.165) is 0 Å². The van der Waals surface area contributed by atoms with Gasteiger partial charge in [0, 0.05) is 25.3 Å². The molecular formula is C23H35N7O6S. The van der Waals surface area contributed by atoms with Gasteiger partial charge >= 0.3 is 5.97 Å². The molecule has 0 bridgehead atoms. The molecule has 204 valence electrons. The van der Waals surface area contributed by atoms with E-state index in [2.05, 4.69) is 28.3 Å². The van der Waals surface area contributed by atoms with Crippen molar-refractivity contribution in [2.45, 2.75) is 56.3 Å². The van der Waals surface area contributed by atoms with Crippen molar-refractivity contribution in [2.75, 3.05) is 18.8 Å². The molecule has 4 atom stereocenters. The summed E-state index contributed by atoms with van der Waals surface area (Å²) in [7, 11) is 0. The number of hydrogen-bond donors (Lipinski definition) is 8. The second kappa shape index (κ2) is 14.3. The van der Waals surface area contributed by atoms with Crippen molar-refractivity contribution < 1.29 is 29.4 Å². The van der Waals surface area contributed by atoms with E-state index in [9.17, 15) is 29.4 Å². The molecule has 1 fully saturated rings. The number of benzene rings is 1. The summed E-state index contributed by atoms with van der Waals surface area (Å²) in [5, 5.41) is 24.2. The maximum absolute atomic E-state index is 13.1. The molecule has 14 heteroatoms. The van der Waals surface area contributed by atoms with Gasteiger partial charge in [-0.25, -0.2) is 4.79 Å². The Morgan fingerprint density at radius 2 is 1.81 bits per heavy atom. The molecule has 37 heavy (non-hydrogen) atoms. The summed E-state index contributed by atoms with van der Waals surface area (Å²) in [6, 6.07) is 1.88. The fraction of sp³-hybridized carbons (Fsp3) is 0.522. The Balaban J connectivity index is 2.15. The van der Waals surface area contributed by atoms with Crippen molar-refractivity contribution in [3.63, 3.8) is 0 Å². The van der Waals surface area contributed by atoms with Crippen LogP contribution >= 0.6 is 12.6 Å². The minimum Gasteiger partial charge on any atom is -0.508 e. The maximum Gasteiger partial charge on any atom is 0.326 e. The Kier molecular flexibility index (Phi) is 11.5. The molecular weight excluding hydrogens is 502 g/mol. The van der Waals surface area contributed by atoms with Crippen LogP contribution < -0.4 is 27.8 Å². The lowest BCUT2D eigenvalue weighted by molar-refractivity contribution is -0.143. The summed E-state index contributed by atoms with van der Waals surface area (Å²) in [5.74, 6) is -2.88. The smallest absolute Gasteiger partial charge is 0.326 e. The summed E-state index contributed by atoms with van der Waals surface area (Å²) in [6.45, 7) is 0.552. The van der Waals surface area contributed by atoms with Crippen molar-refractivity contribution in [3.8, 4) is 5.75 Å². The SMILES string of the molecule is NC(N)=NCCCC(NC(=O)C1CCCN1C(=O)C(N)CS)C(=O)NC(Cc1ccc(O)cc1)C(=O)O. The first-order valence-electron chi connectivity index (χ1n) is 11.9. The highest BCUT2D eigenvalue weighted by atomic mass is 32.1. The van der Waals surface area contributed by atoms with Crippen molar-refractivity contribution >= 4 is 42.3 Å². The monoisotopic (exact) mass is 537 g/mol. The number of nitrogens with zero attached hydrogens (tertiary/aromatic N) is 2. The number of guanidine groups is 1. The molecule has 0 aromatic heterocycles. The van der Waals surface area contributed by atoms with Gasteiger partial charge in [0.25, 0.3) is 0 Å². The summed E-state index contributed by atoms with van der Waals surface area (Å²) in [6.07, 6.45) is 1.40. The van der Waals surface area contributed by atoms with Gasteiger partial charge in [-0.15, -0.1) is 0 Å². The van der Waals surface area contributed by atoms with Crippen molar-refractivity contribution in [1.82, 2.24) is 15.5 Å². The topological polar surface area (TPSA) is 226 Å². The van der Waals surface area contributed by atoms with Gasteiger partial charge in [-0.2, -0.15) is 12.6 Å². The van der Waals surface area contributed by atoms with Crippen LogP contribution in [0.15, 0.2) is 29.3 Å². The van der Waals surface area contributed by atoms with Gasteiger partial charge in [0.1, 0.15) is 23.9 Å². The number of carboxylic acid groups (broad SMARTS) is 1. The third kappa shape index (κ3) is 9.13. The number of aromatic hydroxyl groups is 1. The van der Waals surface area contributed by atoms with Gasteiger partial charge in [0.15, 0.2) is 5.96 Å². The summed E-state index contributed by atoms with van der Waals surface area (Å²) >= 11 is 4.05. The van der Waals surface area contributed by atoms with Gasteiger partial charge < -0.3 is 42.9 Å². The molecule has 10 N–H and O–H groups in total. The van der Waals surface area contributed by atoms with E-state index in [1.165, 1.54) is 17.0 Å². The number of likely N-dealkylation sites (tertiary alicyclic amines) is 1. The Morgan fingerprint density at radius 1 is 1.14 bits per heavy atom. The Morgan fingerprint density at radius 3 is 2.41 bits per heavy atom. The third-order valence-corrected chi connectivity index (χ3v) is 6.31. The fourth-order valence-electron chi connectivity index (χ4n) is 3.97. The molecule has 1 aromatic carbocycles. The van der Waals surface area contributed by atoms with Gasteiger partial charge in [-0.1, -0.05) is 12.1 Å². The predicted octanol–water partition coefficient (Wildman–Crippen LogP) is -1.71. The number of rotatable bonds is 13. The van der Waals surface area contributed by atoms with Gasteiger partial charge in [0.2, 0.25) is 17.7 Å². The zero-order valence-corrected chi connectivity index (χ0v) is 21.3. The van der Waals surface area contributed by atoms with Crippen molar-refractivity contribution in [3.05, 3.63) is 29.8 Å². The first-order chi connectivity index (χ1) is 17.5. The molecule has 4 unspecified atom stereocenters. The summed E-state index contributed by atoms with van der Waals surface area (Å²) < 4.78 is 0. The highest BCUT2D eigenvalue weighted by Gasteiger charge is 2.37. The first kappa shape index (κ1) is 29.7. The summed E-state index contributed by atoms with van der Waals surface area (Å²) in [4.78, 5) is 55.9. The van der Waals surface area contributed by atoms with E-state index in [-0.39, 0.29) is 36.8 Å². The lowest BCUT2D eigenvalue weighted by Crippen LogP contribution is -2.57. The highest BCUT2D eigenvalue weighted by Crippen LogP contribution is 2.19. The van der Waals surface area contributed by atoms with Gasteiger partial charge in [0.05, 0.1) is 6.04 Å². The third-order valence-electron chi connectivity index (χ3n) is 5.92. The number of hydrogen-bond acceptors (Lipinski definition) is 8. The zero-order valence-electron chi connectivity index (χ0n) is 20.4. The molecule has 13 nitrogen and oxygen atoms in total. The standard InChI is InChI=1S/C23H35N7O6S/c24-15(12-37)21(34)30-10-2-4-18(30)20(33)28-16(3-1-9-27-23(25)26)19(32)29-17(22(35)36)11-13-5-7-14(31)8-6-13/h5-8,15-18,31,37H,1-4,9-12,24H2,(H,28,33)(H,29,32)(H,35,36)(H4,25,26,27). The molecule has 3 amide bonds. The number of carbonyl (C=O) groups excluding carboxylic acids is 3. The molecule has 1 saturated heterocycles. The number of carbonyl (C=O) groups is 4. The average Bonchev–Trinajstić information content (AvgIpc) is 3.35. The second-order valence-corrected chi connectivity index (χ2v) is 9.12. The quantitative estimate of drug-likeness (QED) is 0.0619. The van der Waals surface area contributed by atoms with Crippen LogP contribution in [0.3, 0.4) is 0 Å². The van der Waals surface area contributed by atoms with Crippen LogP contribution in [0.2, 0.25) is 0 Å². The fourth-order valence-corrected chi connectivity index (χ4v) is 4.13. The first-order valence-corrected chi connectivity index (χ1v) is 12.5. The molecule has 2 rings (SSSR count). The zero-order chi connectivity index (χ0) is 27.5. The Hall–Kier alpha value is -3.52. The number of aliphatic imine (C=N–C) groups is 1. The van der Waals surface area contributed by atoms with Crippen molar-refractivity contribution in [2.24, 2.45) is 22.2 Å². The Bertz CT molecular complexity index is 986. The minimum atomic E-state index is -1.29. The normalized spacial score (nSPS) is 17.4. The van der Waals surface area contributed by atoms with Crippen LogP contribution in [0.4, 0.5) is 0 Å². The van der Waals surface area contributed by atoms with Crippen LogP contribution in [-0.2, 0) is 25.6 Å². The predicted molar refractivity (Wildman–Crippen MR) is 140 cm³/mol. The van der Waals surface area contributed by atoms with Gasteiger partial charge in [-0.3, -0.25) is 19.4 Å². The van der Waals surface area contributed by atoms with Crippen LogP contribution in [-0.4, -0.2) is 87.8 Å². The minimum absolute atomic E-state index is 0.0259.